The molecule has 0 aromatic heterocycles. The van der Waals surface area contributed by atoms with Crippen molar-refractivity contribution in [3.05, 3.63) is 0 Å². The zero-order valence-electron chi connectivity index (χ0n) is 12.6. The molecular formula is C15H30O5. The van der Waals surface area contributed by atoms with Gasteiger partial charge in [0, 0.05) is 6.42 Å². The molecule has 0 rings (SSSR count). The molecule has 0 aliphatic carbocycles. The van der Waals surface area contributed by atoms with Crippen molar-refractivity contribution in [3.63, 3.8) is 0 Å². The molecule has 0 heterocycles. The number of hydrogen-bond acceptors (Lipinski definition) is 5. The van der Waals surface area contributed by atoms with E-state index in [-0.39, 0.29) is 19.1 Å². The molecule has 0 aromatic carbocycles. The van der Waals surface area contributed by atoms with Crippen LogP contribution in [0.4, 0.5) is 0 Å². The van der Waals surface area contributed by atoms with Gasteiger partial charge in [0.15, 0.2) is 0 Å². The van der Waals surface area contributed by atoms with Crippen molar-refractivity contribution in [2.75, 3.05) is 13.2 Å². The molecule has 0 aliphatic heterocycles. The van der Waals surface area contributed by atoms with E-state index in [4.69, 9.17) is 14.9 Å². The predicted molar refractivity (Wildman–Crippen MR) is 77.3 cm³/mol. The Balaban J connectivity index is 3.41. The van der Waals surface area contributed by atoms with Crippen molar-refractivity contribution >= 4 is 5.97 Å². The van der Waals surface area contributed by atoms with Gasteiger partial charge >= 0.3 is 5.97 Å². The maximum atomic E-state index is 11.3. The Hall–Kier alpha value is -0.650. The first-order valence-corrected chi connectivity index (χ1v) is 7.72. The summed E-state index contributed by atoms with van der Waals surface area (Å²) in [5, 5.41) is 27.3. The fourth-order valence-electron chi connectivity index (χ4n) is 1.92. The Morgan fingerprint density at radius 2 is 1.65 bits per heavy atom. The van der Waals surface area contributed by atoms with Crippen molar-refractivity contribution in [1.29, 1.82) is 0 Å². The van der Waals surface area contributed by atoms with E-state index in [1.807, 2.05) is 0 Å². The van der Waals surface area contributed by atoms with E-state index in [2.05, 4.69) is 6.92 Å². The Labute approximate surface area is 122 Å². The highest BCUT2D eigenvalue weighted by Gasteiger charge is 2.09. The molecule has 0 radical (unpaired) electrons. The summed E-state index contributed by atoms with van der Waals surface area (Å²) in [4.78, 5) is 11.3. The summed E-state index contributed by atoms with van der Waals surface area (Å²) in [5.74, 6) is -0.396. The second-order valence-electron chi connectivity index (χ2n) is 5.27. The Kier molecular flexibility index (Phi) is 12.9. The fraction of sp³-hybridized carbons (Fsp3) is 0.933. The van der Waals surface area contributed by atoms with E-state index in [1.54, 1.807) is 0 Å². The Morgan fingerprint density at radius 1 is 1.00 bits per heavy atom. The lowest BCUT2D eigenvalue weighted by Crippen LogP contribution is -2.22. The number of aliphatic hydroxyl groups excluding tert-OH is 3. The first-order chi connectivity index (χ1) is 9.60. The quantitative estimate of drug-likeness (QED) is 0.355. The molecule has 0 amide bonds. The first kappa shape index (κ1) is 19.4. The lowest BCUT2D eigenvalue weighted by Gasteiger charge is -2.11. The average molecular weight is 290 g/mol. The number of hydrogen-bond donors (Lipinski definition) is 3. The van der Waals surface area contributed by atoms with Crippen LogP contribution in [0.1, 0.15) is 64.7 Å². The number of carbonyl (C=O) groups excluding carboxylic acids is 1. The predicted octanol–water partition coefficient (Wildman–Crippen LogP) is 1.77. The summed E-state index contributed by atoms with van der Waals surface area (Å²) in [6, 6.07) is 0. The summed E-state index contributed by atoms with van der Waals surface area (Å²) in [7, 11) is 0. The number of rotatable bonds is 13. The molecular weight excluding hydrogens is 260 g/mol. The van der Waals surface area contributed by atoms with Gasteiger partial charge in [0.05, 0.1) is 12.7 Å². The van der Waals surface area contributed by atoms with Gasteiger partial charge in [0.25, 0.3) is 0 Å². The van der Waals surface area contributed by atoms with Gasteiger partial charge < -0.3 is 20.1 Å². The summed E-state index contributed by atoms with van der Waals surface area (Å²) in [6.45, 7) is 1.59. The minimum absolute atomic E-state index is 0.171. The van der Waals surface area contributed by atoms with Crippen molar-refractivity contribution < 1.29 is 24.9 Å². The van der Waals surface area contributed by atoms with Crippen LogP contribution in [-0.2, 0) is 9.53 Å². The number of ether oxygens (including phenoxy) is 1. The molecule has 5 heteroatoms. The Morgan fingerprint density at radius 3 is 2.30 bits per heavy atom. The highest BCUT2D eigenvalue weighted by Crippen LogP contribution is 2.11. The largest absolute Gasteiger partial charge is 0.463 e. The van der Waals surface area contributed by atoms with Crippen LogP contribution in [0.3, 0.4) is 0 Å². The van der Waals surface area contributed by atoms with Crippen LogP contribution in [0.2, 0.25) is 0 Å². The van der Waals surface area contributed by atoms with Gasteiger partial charge in [-0.15, -0.1) is 0 Å². The summed E-state index contributed by atoms with van der Waals surface area (Å²) in [6.07, 6.45) is 6.77. The topological polar surface area (TPSA) is 87.0 Å². The summed E-state index contributed by atoms with van der Waals surface area (Å²) < 4.78 is 4.77. The highest BCUT2D eigenvalue weighted by molar-refractivity contribution is 5.69. The maximum absolute atomic E-state index is 11.3. The summed E-state index contributed by atoms with van der Waals surface area (Å²) >= 11 is 0. The molecule has 0 unspecified atom stereocenters. The smallest absolute Gasteiger partial charge is 0.305 e. The molecule has 0 aromatic rings. The van der Waals surface area contributed by atoms with E-state index >= 15 is 0 Å². The third-order valence-electron chi connectivity index (χ3n) is 3.21. The fourth-order valence-corrected chi connectivity index (χ4v) is 1.92. The van der Waals surface area contributed by atoms with Crippen LogP contribution in [0.5, 0.6) is 0 Å². The molecule has 2 atom stereocenters. The van der Waals surface area contributed by atoms with Crippen LogP contribution in [0.25, 0.3) is 0 Å². The van der Waals surface area contributed by atoms with Gasteiger partial charge in [0.1, 0.15) is 12.7 Å². The van der Waals surface area contributed by atoms with Crippen molar-refractivity contribution in [3.8, 4) is 0 Å². The van der Waals surface area contributed by atoms with Gasteiger partial charge in [-0.1, -0.05) is 39.0 Å². The molecule has 0 saturated heterocycles. The van der Waals surface area contributed by atoms with Gasteiger partial charge in [0.2, 0.25) is 0 Å². The van der Waals surface area contributed by atoms with Crippen LogP contribution < -0.4 is 0 Å². The number of aliphatic hydroxyl groups is 3. The highest BCUT2D eigenvalue weighted by atomic mass is 16.5. The van der Waals surface area contributed by atoms with E-state index in [1.165, 1.54) is 19.3 Å². The number of esters is 1. The second-order valence-corrected chi connectivity index (χ2v) is 5.27. The zero-order chi connectivity index (χ0) is 15.2. The minimum Gasteiger partial charge on any atom is -0.463 e. The average Bonchev–Trinajstić information content (AvgIpc) is 2.44. The molecule has 5 nitrogen and oxygen atoms in total. The third kappa shape index (κ3) is 12.4. The molecule has 0 bridgehead atoms. The Bertz CT molecular complexity index is 232. The number of unbranched alkanes of at least 4 members (excludes halogenated alkanes) is 4. The standard InChI is InChI=1S/C15H30O5/c1-2-3-4-5-6-8-13(17)9-7-10-15(19)20-12-14(18)11-16/h13-14,16-18H,2-12H2,1H3/t13-,14+/m1/s1. The summed E-state index contributed by atoms with van der Waals surface area (Å²) in [5.41, 5.74) is 0. The van der Waals surface area contributed by atoms with Gasteiger partial charge in [-0.2, -0.15) is 0 Å². The lowest BCUT2D eigenvalue weighted by molar-refractivity contribution is -0.147. The second kappa shape index (κ2) is 13.3. The molecule has 120 valence electrons. The molecule has 20 heavy (non-hydrogen) atoms. The molecule has 0 aliphatic rings. The molecule has 0 fully saturated rings. The zero-order valence-corrected chi connectivity index (χ0v) is 12.6. The van der Waals surface area contributed by atoms with Crippen molar-refractivity contribution in [2.45, 2.75) is 76.9 Å². The van der Waals surface area contributed by atoms with Crippen molar-refractivity contribution in [2.24, 2.45) is 0 Å². The van der Waals surface area contributed by atoms with Crippen LogP contribution in [-0.4, -0.2) is 46.7 Å². The lowest BCUT2D eigenvalue weighted by atomic mass is 10.0. The third-order valence-corrected chi connectivity index (χ3v) is 3.21. The van der Waals surface area contributed by atoms with Crippen molar-refractivity contribution in [1.82, 2.24) is 0 Å². The van der Waals surface area contributed by atoms with Gasteiger partial charge in [-0.25, -0.2) is 0 Å². The van der Waals surface area contributed by atoms with Gasteiger partial charge in [-0.05, 0) is 19.3 Å². The maximum Gasteiger partial charge on any atom is 0.305 e. The van der Waals surface area contributed by atoms with Crippen LogP contribution in [0.15, 0.2) is 0 Å². The molecule has 0 saturated carbocycles. The van der Waals surface area contributed by atoms with E-state index in [0.717, 1.165) is 19.3 Å². The normalized spacial score (nSPS) is 14.0. The van der Waals surface area contributed by atoms with E-state index in [9.17, 15) is 9.90 Å². The monoisotopic (exact) mass is 290 g/mol. The first-order valence-electron chi connectivity index (χ1n) is 7.72. The van der Waals surface area contributed by atoms with Crippen LogP contribution in [0, 0.1) is 0 Å². The molecule has 3 N–H and O–H groups in total. The van der Waals surface area contributed by atoms with E-state index < -0.39 is 18.7 Å². The number of carbonyl (C=O) groups is 1. The van der Waals surface area contributed by atoms with E-state index in [0.29, 0.717) is 12.8 Å². The SMILES string of the molecule is CCCCCCC[C@@H](O)CCCC(=O)OC[C@@H](O)CO. The van der Waals surface area contributed by atoms with Crippen LogP contribution >= 0.6 is 0 Å². The van der Waals surface area contributed by atoms with Gasteiger partial charge in [-0.3, -0.25) is 4.79 Å². The molecule has 0 spiro atoms. The minimum atomic E-state index is -1.01.